The molecule has 2 N–H and O–H groups in total. The minimum absolute atomic E-state index is 0.0502. The molecule has 118 valence electrons. The fourth-order valence-corrected chi connectivity index (χ4v) is 2.25. The summed E-state index contributed by atoms with van der Waals surface area (Å²) in [5.41, 5.74) is 0.0839. The van der Waals surface area contributed by atoms with E-state index in [0.29, 0.717) is 11.3 Å². The smallest absolute Gasteiger partial charge is 0.251 e. The molecule has 0 aliphatic rings. The maximum atomic E-state index is 12.3. The first kappa shape index (κ1) is 15.1. The Morgan fingerprint density at radius 3 is 2.96 bits per heavy atom. The Labute approximate surface area is 133 Å². The van der Waals surface area contributed by atoms with Crippen LogP contribution in [0, 0.1) is 0 Å². The van der Waals surface area contributed by atoms with Crippen LogP contribution in [0.15, 0.2) is 65.8 Å². The monoisotopic (exact) mass is 311 g/mol. The molecule has 3 rings (SSSR count). The quantitative estimate of drug-likeness (QED) is 0.756. The highest BCUT2D eigenvalue weighted by molar-refractivity contribution is 5.94. The Bertz CT molecular complexity index is 777. The molecular weight excluding hydrogens is 294 g/mol. The minimum atomic E-state index is -1.26. The number of aromatic nitrogens is 2. The number of carbonyl (C=O) groups excluding carboxylic acids is 1. The van der Waals surface area contributed by atoms with Crippen molar-refractivity contribution in [2.45, 2.75) is 12.5 Å². The van der Waals surface area contributed by atoms with Crippen LogP contribution in [-0.2, 0) is 5.60 Å². The van der Waals surface area contributed by atoms with Crippen LogP contribution >= 0.6 is 0 Å². The number of imidazole rings is 1. The highest BCUT2D eigenvalue weighted by Crippen LogP contribution is 2.20. The van der Waals surface area contributed by atoms with Crippen molar-refractivity contribution in [3.05, 3.63) is 72.7 Å². The third kappa shape index (κ3) is 3.32. The fraction of sp³-hybridized carbons (Fsp3) is 0.176. The normalized spacial score (nSPS) is 13.5. The Hall–Kier alpha value is -2.86. The number of hydrogen-bond donors (Lipinski definition) is 2. The lowest BCUT2D eigenvalue weighted by Gasteiger charge is -2.21. The molecule has 0 radical (unpaired) electrons. The van der Waals surface area contributed by atoms with E-state index >= 15 is 0 Å². The Morgan fingerprint density at radius 2 is 2.26 bits per heavy atom. The van der Waals surface area contributed by atoms with E-state index in [2.05, 4.69) is 10.3 Å². The molecule has 0 aliphatic carbocycles. The summed E-state index contributed by atoms with van der Waals surface area (Å²) >= 11 is 0. The van der Waals surface area contributed by atoms with Crippen molar-refractivity contribution in [1.82, 2.24) is 14.9 Å². The van der Waals surface area contributed by atoms with Crippen LogP contribution in [0.25, 0.3) is 5.69 Å². The summed E-state index contributed by atoms with van der Waals surface area (Å²) in [4.78, 5) is 16.3. The van der Waals surface area contributed by atoms with Gasteiger partial charge < -0.3 is 19.4 Å². The lowest BCUT2D eigenvalue weighted by molar-refractivity contribution is 0.0330. The fourth-order valence-electron chi connectivity index (χ4n) is 2.25. The van der Waals surface area contributed by atoms with E-state index in [1.165, 1.54) is 6.26 Å². The molecule has 0 bridgehead atoms. The van der Waals surface area contributed by atoms with Crippen molar-refractivity contribution >= 4 is 5.91 Å². The molecular formula is C17H17N3O3. The van der Waals surface area contributed by atoms with Crippen molar-refractivity contribution in [1.29, 1.82) is 0 Å². The number of aliphatic hydroxyl groups is 1. The number of amides is 1. The van der Waals surface area contributed by atoms with Gasteiger partial charge in [0.15, 0.2) is 0 Å². The number of nitrogens with one attached hydrogen (secondary N) is 1. The van der Waals surface area contributed by atoms with E-state index in [1.54, 1.807) is 56.0 Å². The van der Waals surface area contributed by atoms with E-state index in [1.807, 2.05) is 10.6 Å². The molecule has 1 atom stereocenters. The standard InChI is InChI=1S/C17H17N3O3/c1-17(22,15-6-3-9-23-15)11-19-16(21)13-4-2-5-14(10-13)20-8-7-18-12-20/h2-10,12,22H,11H2,1H3,(H,19,21). The van der Waals surface area contributed by atoms with Gasteiger partial charge in [-0.05, 0) is 37.3 Å². The number of hydrogen-bond acceptors (Lipinski definition) is 4. The van der Waals surface area contributed by atoms with Gasteiger partial charge in [0.25, 0.3) is 5.91 Å². The summed E-state index contributed by atoms with van der Waals surface area (Å²) in [6, 6.07) is 10.5. The van der Waals surface area contributed by atoms with Crippen LogP contribution in [0.5, 0.6) is 0 Å². The zero-order chi connectivity index (χ0) is 16.3. The largest absolute Gasteiger partial charge is 0.466 e. The molecule has 0 saturated carbocycles. The van der Waals surface area contributed by atoms with Gasteiger partial charge in [0.2, 0.25) is 0 Å². The summed E-state index contributed by atoms with van der Waals surface area (Å²) in [7, 11) is 0. The van der Waals surface area contributed by atoms with Gasteiger partial charge in [-0.25, -0.2) is 4.98 Å². The number of benzene rings is 1. The maximum Gasteiger partial charge on any atom is 0.251 e. The van der Waals surface area contributed by atoms with E-state index < -0.39 is 5.60 Å². The Morgan fingerprint density at radius 1 is 1.39 bits per heavy atom. The van der Waals surface area contributed by atoms with Gasteiger partial charge in [0.1, 0.15) is 11.4 Å². The van der Waals surface area contributed by atoms with Gasteiger partial charge in [-0.15, -0.1) is 0 Å². The lowest BCUT2D eigenvalue weighted by Crippen LogP contribution is -2.38. The number of furan rings is 1. The molecule has 0 fully saturated rings. The second-order valence-electron chi connectivity index (χ2n) is 5.45. The van der Waals surface area contributed by atoms with E-state index in [-0.39, 0.29) is 12.5 Å². The second kappa shape index (κ2) is 6.10. The van der Waals surface area contributed by atoms with Crippen LogP contribution in [0.1, 0.15) is 23.0 Å². The third-order valence-electron chi connectivity index (χ3n) is 3.56. The molecule has 1 unspecified atom stereocenters. The van der Waals surface area contributed by atoms with Gasteiger partial charge in [0, 0.05) is 23.6 Å². The molecule has 2 heterocycles. The maximum absolute atomic E-state index is 12.3. The summed E-state index contributed by atoms with van der Waals surface area (Å²) in [5, 5.41) is 13.1. The average molecular weight is 311 g/mol. The summed E-state index contributed by atoms with van der Waals surface area (Å²) in [5.74, 6) is 0.142. The molecule has 0 saturated heterocycles. The number of nitrogens with zero attached hydrogens (tertiary/aromatic N) is 2. The topological polar surface area (TPSA) is 80.3 Å². The van der Waals surface area contributed by atoms with Crippen molar-refractivity contribution in [3.63, 3.8) is 0 Å². The predicted molar refractivity (Wildman–Crippen MR) is 84.2 cm³/mol. The molecule has 6 heteroatoms. The SMILES string of the molecule is CC(O)(CNC(=O)c1cccc(-n2ccnc2)c1)c1ccco1. The zero-order valence-electron chi connectivity index (χ0n) is 12.6. The first-order chi connectivity index (χ1) is 11.1. The van der Waals surface area contributed by atoms with Crippen LogP contribution in [0.2, 0.25) is 0 Å². The van der Waals surface area contributed by atoms with Crippen molar-refractivity contribution in [2.24, 2.45) is 0 Å². The molecule has 3 aromatic rings. The molecule has 1 aromatic carbocycles. The number of rotatable bonds is 5. The minimum Gasteiger partial charge on any atom is -0.466 e. The van der Waals surface area contributed by atoms with Crippen molar-refractivity contribution in [2.75, 3.05) is 6.54 Å². The highest BCUT2D eigenvalue weighted by atomic mass is 16.4. The zero-order valence-corrected chi connectivity index (χ0v) is 12.6. The van der Waals surface area contributed by atoms with Gasteiger partial charge >= 0.3 is 0 Å². The number of carbonyl (C=O) groups is 1. The van der Waals surface area contributed by atoms with E-state index in [4.69, 9.17) is 4.42 Å². The molecule has 6 nitrogen and oxygen atoms in total. The molecule has 0 aliphatic heterocycles. The Kier molecular flexibility index (Phi) is 3.99. The molecule has 23 heavy (non-hydrogen) atoms. The van der Waals surface area contributed by atoms with Crippen LogP contribution in [0.4, 0.5) is 0 Å². The average Bonchev–Trinajstić information content (AvgIpc) is 3.25. The van der Waals surface area contributed by atoms with Gasteiger partial charge in [-0.2, -0.15) is 0 Å². The van der Waals surface area contributed by atoms with Crippen LogP contribution in [0.3, 0.4) is 0 Å². The van der Waals surface area contributed by atoms with Crippen LogP contribution < -0.4 is 5.32 Å². The third-order valence-corrected chi connectivity index (χ3v) is 3.56. The predicted octanol–water partition coefficient (Wildman–Crippen LogP) is 2.10. The first-order valence-electron chi connectivity index (χ1n) is 7.19. The van der Waals surface area contributed by atoms with Crippen LogP contribution in [-0.4, -0.2) is 27.1 Å². The van der Waals surface area contributed by atoms with E-state index in [0.717, 1.165) is 5.69 Å². The summed E-state index contributed by atoms with van der Waals surface area (Å²) in [6.45, 7) is 1.64. The van der Waals surface area contributed by atoms with Crippen molar-refractivity contribution < 1.29 is 14.3 Å². The lowest BCUT2D eigenvalue weighted by atomic mass is 10.0. The second-order valence-corrected chi connectivity index (χ2v) is 5.45. The van der Waals surface area contributed by atoms with Crippen molar-refractivity contribution in [3.8, 4) is 5.69 Å². The van der Waals surface area contributed by atoms with E-state index in [9.17, 15) is 9.90 Å². The first-order valence-corrected chi connectivity index (χ1v) is 7.19. The summed E-state index contributed by atoms with van der Waals surface area (Å²) in [6.07, 6.45) is 6.63. The van der Waals surface area contributed by atoms with Gasteiger partial charge in [-0.3, -0.25) is 4.79 Å². The molecule has 0 spiro atoms. The Balaban J connectivity index is 1.70. The summed E-state index contributed by atoms with van der Waals surface area (Å²) < 4.78 is 7.01. The van der Waals surface area contributed by atoms with Gasteiger partial charge in [-0.1, -0.05) is 6.07 Å². The van der Waals surface area contributed by atoms with Gasteiger partial charge in [0.05, 0.1) is 19.1 Å². The molecule has 1 amide bonds. The highest BCUT2D eigenvalue weighted by Gasteiger charge is 2.26. The molecule has 2 aromatic heterocycles.